The molecule has 168 valence electrons. The highest BCUT2D eigenvalue weighted by atomic mass is 35.5. The number of rotatable bonds is 8. The lowest BCUT2D eigenvalue weighted by molar-refractivity contribution is -0.116. The molecule has 2 aromatic rings. The fourth-order valence-electron chi connectivity index (χ4n) is 3.62. The van der Waals surface area contributed by atoms with Crippen LogP contribution in [-0.4, -0.2) is 61.9 Å². The van der Waals surface area contributed by atoms with E-state index in [0.29, 0.717) is 29.1 Å². The van der Waals surface area contributed by atoms with E-state index in [1.165, 1.54) is 30.5 Å². The van der Waals surface area contributed by atoms with Crippen LogP contribution in [0.5, 0.6) is 0 Å². The Morgan fingerprint density at radius 1 is 1.16 bits per heavy atom. The highest BCUT2D eigenvalue weighted by Crippen LogP contribution is 2.34. The topological polar surface area (TPSA) is 38.8 Å². The smallest absolute Gasteiger partial charge is 0.225 e. The number of benzene rings is 2. The third kappa shape index (κ3) is 7.02. The molecule has 2 aromatic carbocycles. The molecule has 1 N–H and O–H groups in total. The van der Waals surface area contributed by atoms with Crippen LogP contribution in [0.3, 0.4) is 0 Å². The number of nitrogens with one attached hydrogen (secondary N) is 1. The first-order valence-corrected chi connectivity index (χ1v) is 12.0. The Morgan fingerprint density at radius 3 is 2.61 bits per heavy atom. The summed E-state index contributed by atoms with van der Waals surface area (Å²) in [6.07, 6.45) is 2.83. The molecular weight excluding hydrogens is 451 g/mol. The van der Waals surface area contributed by atoms with Crippen molar-refractivity contribution >= 4 is 52.4 Å². The summed E-state index contributed by atoms with van der Waals surface area (Å²) in [5, 5.41) is 4.06. The fourth-order valence-corrected chi connectivity index (χ4v) is 4.92. The summed E-state index contributed by atoms with van der Waals surface area (Å²) in [5.74, 6) is -0.0111. The predicted molar refractivity (Wildman–Crippen MR) is 134 cm³/mol. The summed E-state index contributed by atoms with van der Waals surface area (Å²) in [7, 11) is 6.22. The first-order valence-electron chi connectivity index (χ1n) is 10.5. The monoisotopic (exact) mass is 480 g/mol. The third-order valence-electron chi connectivity index (χ3n) is 5.47. The third-order valence-corrected chi connectivity index (χ3v) is 7.43. The van der Waals surface area contributed by atoms with E-state index < -0.39 is 0 Å². The van der Waals surface area contributed by atoms with E-state index in [9.17, 15) is 4.79 Å². The zero-order chi connectivity index (χ0) is 22.4. The van der Waals surface area contributed by atoms with Crippen LogP contribution in [0.4, 0.5) is 11.4 Å². The van der Waals surface area contributed by atoms with Crippen LogP contribution in [0, 0.1) is 0 Å². The number of hydrogen-bond donors (Lipinski definition) is 1. The average molecular weight is 481 g/mol. The quantitative estimate of drug-likeness (QED) is 0.505. The molecule has 0 bridgehead atoms. The standard InChI is InChI=1S/C23H30Cl2N4OS/c1-27(2)19-6-5-14-29(16-19)18-11-9-17(10-12-18)26-22(30)13-15-28(3)31-21-8-4-7-20(24)23(21)25/h4,7-12,19H,5-6,13-16H2,1-3H3,(H,26,30). The second kappa shape index (κ2) is 11.4. The van der Waals surface area contributed by atoms with Gasteiger partial charge in [0.15, 0.2) is 0 Å². The Labute approximate surface area is 199 Å². The largest absolute Gasteiger partial charge is 0.370 e. The molecule has 3 rings (SSSR count). The van der Waals surface area contributed by atoms with Gasteiger partial charge in [-0.15, -0.1) is 0 Å². The molecule has 1 heterocycles. The van der Waals surface area contributed by atoms with Gasteiger partial charge in [-0.1, -0.05) is 29.3 Å². The van der Waals surface area contributed by atoms with E-state index in [2.05, 4.69) is 41.3 Å². The van der Waals surface area contributed by atoms with Crippen LogP contribution in [0.25, 0.3) is 0 Å². The van der Waals surface area contributed by atoms with Crippen molar-refractivity contribution in [2.45, 2.75) is 30.2 Å². The predicted octanol–water partition coefficient (Wildman–Crippen LogP) is 5.49. The Bertz CT molecular complexity index is 878. The van der Waals surface area contributed by atoms with E-state index in [1.54, 1.807) is 6.07 Å². The first-order chi connectivity index (χ1) is 14.8. The van der Waals surface area contributed by atoms with Crippen LogP contribution < -0.4 is 10.2 Å². The number of piperidine rings is 1. The van der Waals surface area contributed by atoms with Crippen LogP contribution in [0.2, 0.25) is 10.0 Å². The van der Waals surface area contributed by atoms with Crippen molar-refractivity contribution in [1.29, 1.82) is 0 Å². The first kappa shape index (κ1) is 24.2. The van der Waals surface area contributed by atoms with Crippen LogP contribution in [0.15, 0.2) is 47.4 Å². The molecule has 0 spiro atoms. The number of hydrogen-bond acceptors (Lipinski definition) is 5. The highest BCUT2D eigenvalue weighted by molar-refractivity contribution is 7.97. The van der Waals surface area contributed by atoms with Gasteiger partial charge in [-0.25, -0.2) is 4.31 Å². The molecule has 1 amide bonds. The van der Waals surface area contributed by atoms with E-state index in [1.807, 2.05) is 35.6 Å². The zero-order valence-corrected chi connectivity index (χ0v) is 20.6. The minimum Gasteiger partial charge on any atom is -0.370 e. The molecule has 1 atom stereocenters. The Kier molecular flexibility index (Phi) is 8.93. The van der Waals surface area contributed by atoms with Gasteiger partial charge >= 0.3 is 0 Å². The van der Waals surface area contributed by atoms with Gasteiger partial charge in [-0.05, 0) is 82.3 Å². The van der Waals surface area contributed by atoms with Crippen molar-refractivity contribution in [3.8, 4) is 0 Å². The van der Waals surface area contributed by atoms with Crippen LogP contribution >= 0.6 is 35.1 Å². The number of carbonyl (C=O) groups is 1. The van der Waals surface area contributed by atoms with Gasteiger partial charge in [0.2, 0.25) is 5.91 Å². The van der Waals surface area contributed by atoms with E-state index in [-0.39, 0.29) is 5.91 Å². The maximum atomic E-state index is 12.4. The number of carbonyl (C=O) groups excluding carboxylic acids is 1. The van der Waals surface area contributed by atoms with Gasteiger partial charge < -0.3 is 15.1 Å². The van der Waals surface area contributed by atoms with Gasteiger partial charge in [-0.2, -0.15) is 0 Å². The number of amides is 1. The molecule has 1 aliphatic rings. The number of anilines is 2. The fraction of sp³-hybridized carbons (Fsp3) is 0.435. The van der Waals surface area contributed by atoms with Crippen molar-refractivity contribution in [1.82, 2.24) is 9.21 Å². The molecule has 0 saturated carbocycles. The maximum absolute atomic E-state index is 12.4. The van der Waals surface area contributed by atoms with Gasteiger partial charge in [0.25, 0.3) is 0 Å². The molecule has 1 aliphatic heterocycles. The second-order valence-electron chi connectivity index (χ2n) is 8.05. The van der Waals surface area contributed by atoms with Crippen molar-refractivity contribution < 1.29 is 4.79 Å². The number of halogens is 2. The summed E-state index contributed by atoms with van der Waals surface area (Å²) in [4.78, 5) is 18.0. The Hall–Kier alpha value is -1.44. The van der Waals surface area contributed by atoms with E-state index in [4.69, 9.17) is 23.2 Å². The molecule has 5 nitrogen and oxygen atoms in total. The van der Waals surface area contributed by atoms with Crippen molar-refractivity contribution in [2.75, 3.05) is 51.0 Å². The Morgan fingerprint density at radius 2 is 1.90 bits per heavy atom. The lowest BCUT2D eigenvalue weighted by Crippen LogP contribution is -2.45. The van der Waals surface area contributed by atoms with Crippen molar-refractivity contribution in [2.24, 2.45) is 0 Å². The van der Waals surface area contributed by atoms with Crippen LogP contribution in [-0.2, 0) is 4.79 Å². The minimum atomic E-state index is -0.0111. The molecule has 0 aromatic heterocycles. The lowest BCUT2D eigenvalue weighted by Gasteiger charge is -2.37. The SMILES string of the molecule is CN(CCC(=O)Nc1ccc(N2CCCC(N(C)C)C2)cc1)Sc1cccc(Cl)c1Cl. The number of likely N-dealkylation sites (N-methyl/N-ethyl adjacent to an activating group) is 1. The molecule has 1 fully saturated rings. The van der Waals surface area contributed by atoms with E-state index >= 15 is 0 Å². The molecule has 8 heteroatoms. The summed E-state index contributed by atoms with van der Waals surface area (Å²) >= 11 is 13.8. The Balaban J connectivity index is 1.46. The van der Waals surface area contributed by atoms with Gasteiger partial charge in [0.1, 0.15) is 0 Å². The normalized spacial score (nSPS) is 16.7. The summed E-state index contributed by atoms with van der Waals surface area (Å²) in [6.45, 7) is 2.72. The molecule has 31 heavy (non-hydrogen) atoms. The minimum absolute atomic E-state index is 0.0111. The average Bonchev–Trinajstić information content (AvgIpc) is 2.76. The van der Waals surface area contributed by atoms with Gasteiger partial charge in [-0.3, -0.25) is 4.79 Å². The summed E-state index contributed by atoms with van der Waals surface area (Å²) < 4.78 is 1.98. The van der Waals surface area contributed by atoms with Gasteiger partial charge in [0.05, 0.1) is 10.0 Å². The van der Waals surface area contributed by atoms with Crippen molar-refractivity contribution in [3.05, 3.63) is 52.5 Å². The second-order valence-corrected chi connectivity index (χ2v) is 10.1. The summed E-state index contributed by atoms with van der Waals surface area (Å²) in [5.41, 5.74) is 2.03. The molecule has 1 unspecified atom stereocenters. The lowest BCUT2D eigenvalue weighted by atomic mass is 10.0. The molecule has 0 radical (unpaired) electrons. The number of nitrogens with zero attached hydrogens (tertiary/aromatic N) is 3. The van der Waals surface area contributed by atoms with E-state index in [0.717, 1.165) is 23.7 Å². The molecule has 1 saturated heterocycles. The molecular formula is C23H30Cl2N4OS. The zero-order valence-electron chi connectivity index (χ0n) is 18.3. The highest BCUT2D eigenvalue weighted by Gasteiger charge is 2.21. The van der Waals surface area contributed by atoms with Gasteiger partial charge in [0, 0.05) is 48.4 Å². The van der Waals surface area contributed by atoms with Crippen molar-refractivity contribution in [3.63, 3.8) is 0 Å². The van der Waals surface area contributed by atoms with Crippen LogP contribution in [0.1, 0.15) is 19.3 Å². The molecule has 0 aliphatic carbocycles. The summed E-state index contributed by atoms with van der Waals surface area (Å²) in [6, 6.07) is 14.3. The maximum Gasteiger partial charge on any atom is 0.225 e.